The van der Waals surface area contributed by atoms with Crippen LogP contribution in [0.15, 0.2) is 0 Å². The molecule has 0 spiro atoms. The number of hydrogen-bond donors (Lipinski definition) is 2. The van der Waals surface area contributed by atoms with Crippen LogP contribution in [0.1, 0.15) is 59.3 Å². The zero-order valence-electron chi connectivity index (χ0n) is 11.3. The summed E-state index contributed by atoms with van der Waals surface area (Å²) < 4.78 is 5.26. The lowest BCUT2D eigenvalue weighted by Gasteiger charge is -2.28. The van der Waals surface area contributed by atoms with Gasteiger partial charge < -0.3 is 15.8 Å². The van der Waals surface area contributed by atoms with E-state index in [1.165, 1.54) is 12.8 Å². The highest BCUT2D eigenvalue weighted by Crippen LogP contribution is 2.17. The van der Waals surface area contributed by atoms with E-state index in [9.17, 15) is 4.79 Å². The number of carbonyl (C=O) groups excluding carboxylic acids is 1. The molecular weight excluding hydrogens is 216 g/mol. The van der Waals surface area contributed by atoms with Crippen molar-refractivity contribution in [2.24, 2.45) is 5.73 Å². The number of rotatable bonds is 1. The minimum atomic E-state index is -0.449. The maximum Gasteiger partial charge on any atom is 0.407 e. The Morgan fingerprint density at radius 3 is 2.35 bits per heavy atom. The van der Waals surface area contributed by atoms with Gasteiger partial charge in [-0.1, -0.05) is 25.7 Å². The van der Waals surface area contributed by atoms with E-state index in [1.54, 1.807) is 0 Å². The Kier molecular flexibility index (Phi) is 5.25. The van der Waals surface area contributed by atoms with Crippen LogP contribution in [-0.2, 0) is 4.74 Å². The molecule has 1 amide bonds. The molecule has 100 valence electrons. The molecule has 2 atom stereocenters. The number of amides is 1. The van der Waals surface area contributed by atoms with Crippen LogP contribution >= 0.6 is 0 Å². The summed E-state index contributed by atoms with van der Waals surface area (Å²) in [6.07, 6.45) is 6.38. The zero-order valence-corrected chi connectivity index (χ0v) is 11.3. The summed E-state index contributed by atoms with van der Waals surface area (Å²) in [6, 6.07) is 0.118. The summed E-state index contributed by atoms with van der Waals surface area (Å²) in [5, 5.41) is 2.91. The minimum absolute atomic E-state index is 0.0582. The van der Waals surface area contributed by atoms with E-state index in [2.05, 4.69) is 5.32 Å². The first-order chi connectivity index (χ1) is 7.88. The Morgan fingerprint density at radius 1 is 1.18 bits per heavy atom. The maximum atomic E-state index is 11.7. The average Bonchev–Trinajstić information content (AvgIpc) is 2.15. The van der Waals surface area contributed by atoms with E-state index in [4.69, 9.17) is 10.5 Å². The SMILES string of the molecule is CC(C)(C)OC(=O)N[C@H]1CCCCCC[C@H]1N. The molecule has 1 aliphatic rings. The second-order valence-electron chi connectivity index (χ2n) is 5.91. The molecule has 0 aromatic carbocycles. The van der Waals surface area contributed by atoms with Crippen molar-refractivity contribution < 1.29 is 9.53 Å². The van der Waals surface area contributed by atoms with Gasteiger partial charge in [0, 0.05) is 12.1 Å². The van der Waals surface area contributed by atoms with Gasteiger partial charge in [-0.25, -0.2) is 4.79 Å². The van der Waals surface area contributed by atoms with Gasteiger partial charge in [0.25, 0.3) is 0 Å². The van der Waals surface area contributed by atoms with Crippen LogP contribution in [0.2, 0.25) is 0 Å². The third-order valence-corrected chi connectivity index (χ3v) is 3.02. The van der Waals surface area contributed by atoms with Crippen molar-refractivity contribution in [1.82, 2.24) is 5.32 Å². The molecule has 0 saturated heterocycles. The second-order valence-corrected chi connectivity index (χ2v) is 5.91. The van der Waals surface area contributed by atoms with Crippen LogP contribution < -0.4 is 11.1 Å². The highest BCUT2D eigenvalue weighted by molar-refractivity contribution is 5.68. The quantitative estimate of drug-likeness (QED) is 0.742. The summed E-state index contributed by atoms with van der Waals surface area (Å²) in [6.45, 7) is 5.60. The first kappa shape index (κ1) is 14.3. The van der Waals surface area contributed by atoms with E-state index in [0.29, 0.717) is 0 Å². The van der Waals surface area contributed by atoms with Crippen molar-refractivity contribution in [2.45, 2.75) is 77.0 Å². The Bertz CT molecular complexity index is 248. The van der Waals surface area contributed by atoms with Gasteiger partial charge in [-0.05, 0) is 33.6 Å². The molecule has 4 heteroatoms. The smallest absolute Gasteiger partial charge is 0.407 e. The number of nitrogens with one attached hydrogen (secondary N) is 1. The molecule has 1 saturated carbocycles. The van der Waals surface area contributed by atoms with Crippen LogP contribution in [0, 0.1) is 0 Å². The first-order valence-electron chi connectivity index (χ1n) is 6.63. The lowest BCUT2D eigenvalue weighted by molar-refractivity contribution is 0.0490. The summed E-state index contributed by atoms with van der Waals surface area (Å²) in [4.78, 5) is 11.7. The van der Waals surface area contributed by atoms with Gasteiger partial charge >= 0.3 is 6.09 Å². The molecule has 0 radical (unpaired) electrons. The number of ether oxygens (including phenoxy) is 1. The topological polar surface area (TPSA) is 64.3 Å². The highest BCUT2D eigenvalue weighted by Gasteiger charge is 2.24. The van der Waals surface area contributed by atoms with Gasteiger partial charge in [0.05, 0.1) is 0 Å². The molecular formula is C13H26N2O2. The van der Waals surface area contributed by atoms with Crippen molar-refractivity contribution in [3.63, 3.8) is 0 Å². The molecule has 0 aliphatic heterocycles. The molecule has 0 aromatic heterocycles. The van der Waals surface area contributed by atoms with Crippen molar-refractivity contribution in [1.29, 1.82) is 0 Å². The van der Waals surface area contributed by atoms with E-state index < -0.39 is 5.60 Å². The molecule has 17 heavy (non-hydrogen) atoms. The van der Waals surface area contributed by atoms with Crippen molar-refractivity contribution in [3.05, 3.63) is 0 Å². The summed E-state index contributed by atoms with van der Waals surface area (Å²) in [5.74, 6) is 0. The van der Waals surface area contributed by atoms with Crippen LogP contribution in [0.4, 0.5) is 4.79 Å². The fourth-order valence-electron chi connectivity index (χ4n) is 2.15. The monoisotopic (exact) mass is 242 g/mol. The molecule has 0 aromatic rings. The Labute approximate surface area is 104 Å². The van der Waals surface area contributed by atoms with Gasteiger partial charge in [0.1, 0.15) is 5.60 Å². The van der Waals surface area contributed by atoms with E-state index >= 15 is 0 Å². The standard InChI is InChI=1S/C13H26N2O2/c1-13(2,3)17-12(16)15-11-9-7-5-4-6-8-10(11)14/h10-11H,4-9,14H2,1-3H3,(H,15,16)/t10-,11+/m1/s1. The maximum absolute atomic E-state index is 11.7. The number of nitrogens with two attached hydrogens (primary N) is 1. The average molecular weight is 242 g/mol. The molecule has 1 fully saturated rings. The van der Waals surface area contributed by atoms with Crippen molar-refractivity contribution >= 4 is 6.09 Å². The molecule has 0 bridgehead atoms. The number of hydrogen-bond acceptors (Lipinski definition) is 3. The van der Waals surface area contributed by atoms with Gasteiger partial charge in [-0.15, -0.1) is 0 Å². The Morgan fingerprint density at radius 2 is 1.76 bits per heavy atom. The minimum Gasteiger partial charge on any atom is -0.444 e. The fraction of sp³-hybridized carbons (Fsp3) is 0.923. The Hall–Kier alpha value is -0.770. The molecule has 3 N–H and O–H groups in total. The van der Waals surface area contributed by atoms with Gasteiger partial charge in [-0.3, -0.25) is 0 Å². The zero-order chi connectivity index (χ0) is 12.9. The number of carbonyl (C=O) groups is 1. The second kappa shape index (κ2) is 6.24. The van der Waals surface area contributed by atoms with Gasteiger partial charge in [0.2, 0.25) is 0 Å². The molecule has 0 unspecified atom stereocenters. The van der Waals surface area contributed by atoms with E-state index in [-0.39, 0.29) is 18.2 Å². The van der Waals surface area contributed by atoms with Crippen molar-refractivity contribution in [2.75, 3.05) is 0 Å². The fourth-order valence-corrected chi connectivity index (χ4v) is 2.15. The van der Waals surface area contributed by atoms with Gasteiger partial charge in [-0.2, -0.15) is 0 Å². The first-order valence-corrected chi connectivity index (χ1v) is 6.63. The lowest BCUT2D eigenvalue weighted by Crippen LogP contribution is -2.49. The van der Waals surface area contributed by atoms with E-state index in [1.807, 2.05) is 20.8 Å². The summed E-state index contributed by atoms with van der Waals surface area (Å²) >= 11 is 0. The van der Waals surface area contributed by atoms with Crippen LogP contribution in [0.5, 0.6) is 0 Å². The Balaban J connectivity index is 2.43. The molecule has 0 heterocycles. The van der Waals surface area contributed by atoms with Crippen molar-refractivity contribution in [3.8, 4) is 0 Å². The lowest BCUT2D eigenvalue weighted by atomic mass is 9.93. The summed E-state index contributed by atoms with van der Waals surface area (Å²) in [7, 11) is 0. The molecule has 4 nitrogen and oxygen atoms in total. The third kappa shape index (κ3) is 5.91. The predicted molar refractivity (Wildman–Crippen MR) is 68.8 cm³/mol. The van der Waals surface area contributed by atoms with E-state index in [0.717, 1.165) is 25.7 Å². The highest BCUT2D eigenvalue weighted by atomic mass is 16.6. The van der Waals surface area contributed by atoms with Crippen LogP contribution in [0.3, 0.4) is 0 Å². The van der Waals surface area contributed by atoms with Crippen LogP contribution in [-0.4, -0.2) is 23.8 Å². The largest absolute Gasteiger partial charge is 0.444 e. The summed E-state index contributed by atoms with van der Waals surface area (Å²) in [5.41, 5.74) is 5.64. The predicted octanol–water partition coefficient (Wildman–Crippen LogP) is 2.56. The third-order valence-electron chi connectivity index (χ3n) is 3.02. The molecule has 1 rings (SSSR count). The number of alkyl carbamates (subject to hydrolysis) is 1. The normalized spacial score (nSPS) is 26.8. The molecule has 1 aliphatic carbocycles. The van der Waals surface area contributed by atoms with Crippen LogP contribution in [0.25, 0.3) is 0 Å². The van der Waals surface area contributed by atoms with Gasteiger partial charge in [0.15, 0.2) is 0 Å².